The minimum Gasteiger partial charge on any atom is -0.326 e. The first kappa shape index (κ1) is 14.9. The fraction of sp³-hybridized carbons (Fsp3) is 0.133. The summed E-state index contributed by atoms with van der Waals surface area (Å²) in [6, 6.07) is 12.7. The van der Waals surface area contributed by atoms with Crippen molar-refractivity contribution in [3.8, 4) is 0 Å². The van der Waals surface area contributed by atoms with E-state index in [1.165, 1.54) is 0 Å². The van der Waals surface area contributed by atoms with Crippen molar-refractivity contribution in [1.29, 1.82) is 0 Å². The fourth-order valence-corrected chi connectivity index (χ4v) is 2.24. The van der Waals surface area contributed by atoms with E-state index in [2.05, 4.69) is 5.32 Å². The molecule has 0 heterocycles. The highest BCUT2D eigenvalue weighted by molar-refractivity contribution is 6.43. The third-order valence-electron chi connectivity index (χ3n) is 2.91. The number of hydrogen-bond acceptors (Lipinski definition) is 2. The molecule has 0 saturated heterocycles. The molecule has 0 aromatic heterocycles. The van der Waals surface area contributed by atoms with Crippen LogP contribution in [0, 0.1) is 0 Å². The molecule has 0 saturated carbocycles. The first-order chi connectivity index (χ1) is 9.61. The van der Waals surface area contributed by atoms with Gasteiger partial charge in [0.2, 0.25) is 5.91 Å². The quantitative estimate of drug-likeness (QED) is 0.906. The van der Waals surface area contributed by atoms with Gasteiger partial charge >= 0.3 is 0 Å². The van der Waals surface area contributed by atoms with Crippen molar-refractivity contribution in [1.82, 2.24) is 0 Å². The van der Waals surface area contributed by atoms with Crippen LogP contribution in [0.15, 0.2) is 42.5 Å². The van der Waals surface area contributed by atoms with Crippen molar-refractivity contribution in [2.75, 3.05) is 5.32 Å². The highest BCUT2D eigenvalue weighted by atomic mass is 35.5. The Labute approximate surface area is 127 Å². The van der Waals surface area contributed by atoms with Crippen LogP contribution < -0.4 is 11.1 Å². The Morgan fingerprint density at radius 1 is 1.05 bits per heavy atom. The number of carbonyl (C=O) groups is 1. The SMILES string of the molecule is NCc1ccccc1CC(=O)Nc1cccc(Cl)c1Cl. The zero-order valence-electron chi connectivity index (χ0n) is 10.7. The molecule has 0 radical (unpaired) electrons. The number of nitrogens with two attached hydrogens (primary N) is 1. The molecule has 1 amide bonds. The first-order valence-electron chi connectivity index (χ1n) is 6.12. The van der Waals surface area contributed by atoms with Gasteiger partial charge in [-0.1, -0.05) is 53.5 Å². The summed E-state index contributed by atoms with van der Waals surface area (Å²) in [7, 11) is 0. The number of rotatable bonds is 4. The second-order valence-corrected chi connectivity index (χ2v) is 5.08. The van der Waals surface area contributed by atoms with E-state index in [1.807, 2.05) is 24.3 Å². The Morgan fingerprint density at radius 3 is 2.45 bits per heavy atom. The van der Waals surface area contributed by atoms with Gasteiger partial charge in [-0.2, -0.15) is 0 Å². The molecular formula is C15H14Cl2N2O. The predicted molar refractivity (Wildman–Crippen MR) is 83.1 cm³/mol. The third kappa shape index (κ3) is 3.51. The maximum absolute atomic E-state index is 12.1. The number of anilines is 1. The number of benzene rings is 2. The van der Waals surface area contributed by atoms with E-state index in [0.29, 0.717) is 22.3 Å². The molecule has 104 valence electrons. The molecule has 2 aromatic rings. The Bertz CT molecular complexity index is 629. The van der Waals surface area contributed by atoms with E-state index >= 15 is 0 Å². The molecule has 5 heteroatoms. The van der Waals surface area contributed by atoms with Gasteiger partial charge in [0, 0.05) is 6.54 Å². The molecule has 0 atom stereocenters. The highest BCUT2D eigenvalue weighted by Crippen LogP contribution is 2.29. The largest absolute Gasteiger partial charge is 0.326 e. The van der Waals surface area contributed by atoms with Crippen LogP contribution >= 0.6 is 23.2 Å². The summed E-state index contributed by atoms with van der Waals surface area (Å²) in [5.41, 5.74) is 8.03. The lowest BCUT2D eigenvalue weighted by atomic mass is 10.0. The second-order valence-electron chi connectivity index (χ2n) is 4.30. The van der Waals surface area contributed by atoms with Crippen LogP contribution in [0.2, 0.25) is 10.0 Å². The van der Waals surface area contributed by atoms with E-state index in [9.17, 15) is 4.79 Å². The van der Waals surface area contributed by atoms with Crippen molar-refractivity contribution in [2.45, 2.75) is 13.0 Å². The van der Waals surface area contributed by atoms with Crippen molar-refractivity contribution in [3.05, 3.63) is 63.6 Å². The standard InChI is InChI=1S/C15H14Cl2N2O/c16-12-6-3-7-13(15(12)17)19-14(20)8-10-4-1-2-5-11(10)9-18/h1-7H,8-9,18H2,(H,19,20). The van der Waals surface area contributed by atoms with Gasteiger partial charge in [-0.05, 0) is 23.3 Å². The van der Waals surface area contributed by atoms with Crippen molar-refractivity contribution >= 4 is 34.8 Å². The van der Waals surface area contributed by atoms with Crippen LogP contribution in [0.3, 0.4) is 0 Å². The molecule has 0 aliphatic heterocycles. The highest BCUT2D eigenvalue weighted by Gasteiger charge is 2.10. The van der Waals surface area contributed by atoms with Crippen LogP contribution in [-0.4, -0.2) is 5.91 Å². The van der Waals surface area contributed by atoms with Gasteiger partial charge in [0.1, 0.15) is 0 Å². The van der Waals surface area contributed by atoms with Gasteiger partial charge in [0.25, 0.3) is 0 Å². The van der Waals surface area contributed by atoms with E-state index in [-0.39, 0.29) is 12.3 Å². The lowest BCUT2D eigenvalue weighted by Gasteiger charge is -2.10. The minimum atomic E-state index is -0.157. The van der Waals surface area contributed by atoms with E-state index in [4.69, 9.17) is 28.9 Å². The van der Waals surface area contributed by atoms with Crippen LogP contribution in [0.1, 0.15) is 11.1 Å². The topological polar surface area (TPSA) is 55.1 Å². The van der Waals surface area contributed by atoms with Crippen molar-refractivity contribution in [3.63, 3.8) is 0 Å². The molecule has 0 bridgehead atoms. The first-order valence-corrected chi connectivity index (χ1v) is 6.88. The lowest BCUT2D eigenvalue weighted by molar-refractivity contribution is -0.115. The van der Waals surface area contributed by atoms with Crippen LogP contribution in [-0.2, 0) is 17.8 Å². The Kier molecular flexibility index (Phi) is 5.01. The van der Waals surface area contributed by atoms with E-state index in [0.717, 1.165) is 11.1 Å². The normalized spacial score (nSPS) is 10.3. The molecule has 0 unspecified atom stereocenters. The van der Waals surface area contributed by atoms with Gasteiger partial charge in [0.05, 0.1) is 22.2 Å². The summed E-state index contributed by atoms with van der Waals surface area (Å²) in [6.45, 7) is 0.404. The van der Waals surface area contributed by atoms with Gasteiger partial charge < -0.3 is 11.1 Å². The zero-order valence-corrected chi connectivity index (χ0v) is 12.2. The van der Waals surface area contributed by atoms with Crippen molar-refractivity contribution in [2.24, 2.45) is 5.73 Å². The average Bonchev–Trinajstić information content (AvgIpc) is 2.44. The van der Waals surface area contributed by atoms with Gasteiger partial charge in [-0.25, -0.2) is 0 Å². The maximum atomic E-state index is 12.1. The molecule has 3 N–H and O–H groups in total. The predicted octanol–water partition coefficient (Wildman–Crippen LogP) is 3.63. The Balaban J connectivity index is 2.11. The smallest absolute Gasteiger partial charge is 0.228 e. The molecular weight excluding hydrogens is 295 g/mol. The summed E-state index contributed by atoms with van der Waals surface area (Å²) in [6.07, 6.45) is 0.246. The number of carbonyl (C=O) groups excluding carboxylic acids is 1. The second kappa shape index (κ2) is 6.75. The molecule has 0 aliphatic carbocycles. The lowest BCUT2D eigenvalue weighted by Crippen LogP contribution is -2.16. The fourth-order valence-electron chi connectivity index (χ4n) is 1.90. The molecule has 0 fully saturated rings. The number of halogens is 2. The van der Waals surface area contributed by atoms with Gasteiger partial charge in [-0.3, -0.25) is 4.79 Å². The molecule has 2 aromatic carbocycles. The van der Waals surface area contributed by atoms with Gasteiger partial charge in [0.15, 0.2) is 0 Å². The minimum absolute atomic E-state index is 0.157. The molecule has 0 spiro atoms. The zero-order chi connectivity index (χ0) is 14.5. The molecule has 0 aliphatic rings. The summed E-state index contributed by atoms with van der Waals surface area (Å²) in [5, 5.41) is 3.51. The Hall–Kier alpha value is -1.55. The molecule has 20 heavy (non-hydrogen) atoms. The average molecular weight is 309 g/mol. The van der Waals surface area contributed by atoms with E-state index < -0.39 is 0 Å². The van der Waals surface area contributed by atoms with Crippen molar-refractivity contribution < 1.29 is 4.79 Å². The van der Waals surface area contributed by atoms with Gasteiger partial charge in [-0.15, -0.1) is 0 Å². The molecule has 2 rings (SSSR count). The maximum Gasteiger partial charge on any atom is 0.228 e. The van der Waals surface area contributed by atoms with Crippen LogP contribution in [0.4, 0.5) is 5.69 Å². The number of nitrogens with one attached hydrogen (secondary N) is 1. The summed E-state index contributed by atoms with van der Waals surface area (Å²) >= 11 is 11.9. The van der Waals surface area contributed by atoms with E-state index in [1.54, 1.807) is 18.2 Å². The van der Waals surface area contributed by atoms with Crippen LogP contribution in [0.5, 0.6) is 0 Å². The summed E-state index contributed by atoms with van der Waals surface area (Å²) < 4.78 is 0. The third-order valence-corrected chi connectivity index (χ3v) is 3.73. The number of hydrogen-bond donors (Lipinski definition) is 2. The summed E-state index contributed by atoms with van der Waals surface area (Å²) in [5.74, 6) is -0.157. The number of amides is 1. The monoisotopic (exact) mass is 308 g/mol. The molecule has 3 nitrogen and oxygen atoms in total. The van der Waals surface area contributed by atoms with Crippen LogP contribution in [0.25, 0.3) is 0 Å². The Morgan fingerprint density at radius 2 is 1.75 bits per heavy atom. The summed E-state index contributed by atoms with van der Waals surface area (Å²) in [4.78, 5) is 12.1.